The first-order valence-electron chi connectivity index (χ1n) is 6.76. The number of nitrogens with zero attached hydrogens (tertiary/aromatic N) is 2. The number of hydrogen-bond acceptors (Lipinski definition) is 3. The molecule has 0 aliphatic rings. The van der Waals surface area contributed by atoms with Gasteiger partial charge in [-0.1, -0.05) is 37.3 Å². The highest BCUT2D eigenvalue weighted by Gasteiger charge is 2.26. The van der Waals surface area contributed by atoms with E-state index in [9.17, 15) is 4.79 Å². The first-order valence-corrected chi connectivity index (χ1v) is 6.76. The third kappa shape index (κ3) is 6.66. The minimum absolute atomic E-state index is 0. The van der Waals surface area contributed by atoms with E-state index in [2.05, 4.69) is 17.1 Å². The molecule has 0 aliphatic heterocycles. The molecule has 0 saturated carbocycles. The summed E-state index contributed by atoms with van der Waals surface area (Å²) in [4.78, 5) is 16.5. The molecule has 0 fully saturated rings. The fourth-order valence-corrected chi connectivity index (χ4v) is 2.00. The first-order chi connectivity index (χ1) is 9.11. The van der Waals surface area contributed by atoms with Gasteiger partial charge in [-0.3, -0.25) is 9.69 Å². The standard InChI is InChI=1S/C15H25N3O.2ClH/c1-5-17(3)14(13-9-7-6-8-10-13)15(19)18(4)12-11-16-2;;/h6-10,14,16H,5,11-12H2,1-4H3;2*1H. The lowest BCUT2D eigenvalue weighted by atomic mass is 10.0. The maximum absolute atomic E-state index is 12.6. The Balaban J connectivity index is 0. The SMILES string of the molecule is CCN(C)C(C(=O)N(C)CCNC)c1ccccc1.Cl.Cl. The van der Waals surface area contributed by atoms with Crippen LogP contribution in [-0.4, -0.2) is 56.5 Å². The van der Waals surface area contributed by atoms with Crippen molar-refractivity contribution in [3.63, 3.8) is 0 Å². The second-order valence-electron chi connectivity index (χ2n) is 4.75. The van der Waals surface area contributed by atoms with E-state index in [1.165, 1.54) is 0 Å². The number of rotatable bonds is 7. The summed E-state index contributed by atoms with van der Waals surface area (Å²) in [5.74, 6) is 0.144. The van der Waals surface area contributed by atoms with Crippen LogP contribution >= 0.6 is 24.8 Å². The Morgan fingerprint density at radius 3 is 2.24 bits per heavy atom. The van der Waals surface area contributed by atoms with Crippen LogP contribution in [0.2, 0.25) is 0 Å². The molecular weight excluding hydrogens is 309 g/mol. The van der Waals surface area contributed by atoms with E-state index < -0.39 is 0 Å². The van der Waals surface area contributed by atoms with Crippen molar-refractivity contribution in [1.82, 2.24) is 15.1 Å². The average molecular weight is 336 g/mol. The van der Waals surface area contributed by atoms with Gasteiger partial charge in [-0.25, -0.2) is 0 Å². The second kappa shape index (κ2) is 11.8. The van der Waals surface area contributed by atoms with Gasteiger partial charge in [0.2, 0.25) is 5.91 Å². The monoisotopic (exact) mass is 335 g/mol. The van der Waals surface area contributed by atoms with Gasteiger partial charge in [-0.15, -0.1) is 24.8 Å². The lowest BCUT2D eigenvalue weighted by Crippen LogP contribution is -2.41. The lowest BCUT2D eigenvalue weighted by Gasteiger charge is -2.30. The van der Waals surface area contributed by atoms with Gasteiger partial charge in [-0.05, 0) is 26.2 Å². The smallest absolute Gasteiger partial charge is 0.244 e. The van der Waals surface area contributed by atoms with E-state index in [0.29, 0.717) is 0 Å². The summed E-state index contributed by atoms with van der Waals surface area (Å²) in [5, 5.41) is 3.07. The number of amides is 1. The molecule has 0 aliphatic carbocycles. The summed E-state index contributed by atoms with van der Waals surface area (Å²) in [6, 6.07) is 9.76. The van der Waals surface area contributed by atoms with Gasteiger partial charge >= 0.3 is 0 Å². The Labute approximate surface area is 140 Å². The summed E-state index contributed by atoms with van der Waals surface area (Å²) in [7, 11) is 5.74. The number of halogens is 2. The highest BCUT2D eigenvalue weighted by Crippen LogP contribution is 2.21. The predicted molar refractivity (Wildman–Crippen MR) is 93.5 cm³/mol. The predicted octanol–water partition coefficient (Wildman–Crippen LogP) is 2.20. The zero-order valence-electron chi connectivity index (χ0n) is 13.2. The molecule has 1 N–H and O–H groups in total. The molecule has 1 amide bonds. The molecule has 1 aromatic carbocycles. The second-order valence-corrected chi connectivity index (χ2v) is 4.75. The molecule has 1 aromatic rings. The molecule has 0 radical (unpaired) electrons. The normalized spacial score (nSPS) is 11.3. The zero-order valence-corrected chi connectivity index (χ0v) is 14.8. The van der Waals surface area contributed by atoms with Crippen LogP contribution in [-0.2, 0) is 4.79 Å². The summed E-state index contributed by atoms with van der Waals surface area (Å²) in [6.07, 6.45) is 0. The molecule has 0 spiro atoms. The maximum Gasteiger partial charge on any atom is 0.244 e. The summed E-state index contributed by atoms with van der Waals surface area (Å²) < 4.78 is 0. The van der Waals surface area contributed by atoms with Crippen LogP contribution in [0.3, 0.4) is 0 Å². The molecule has 0 heterocycles. The van der Waals surface area contributed by atoms with Crippen LogP contribution in [0.4, 0.5) is 0 Å². The number of likely N-dealkylation sites (N-methyl/N-ethyl adjacent to an activating group) is 3. The largest absolute Gasteiger partial charge is 0.343 e. The van der Waals surface area contributed by atoms with Crippen LogP contribution in [0.25, 0.3) is 0 Å². The maximum atomic E-state index is 12.6. The summed E-state index contributed by atoms with van der Waals surface area (Å²) >= 11 is 0. The topological polar surface area (TPSA) is 35.6 Å². The van der Waals surface area contributed by atoms with E-state index in [-0.39, 0.29) is 36.8 Å². The minimum Gasteiger partial charge on any atom is -0.343 e. The quantitative estimate of drug-likeness (QED) is 0.829. The fourth-order valence-electron chi connectivity index (χ4n) is 2.00. The van der Waals surface area contributed by atoms with Crippen LogP contribution in [0.1, 0.15) is 18.5 Å². The van der Waals surface area contributed by atoms with Crippen molar-refractivity contribution in [2.75, 3.05) is 40.8 Å². The number of nitrogens with one attached hydrogen (secondary N) is 1. The van der Waals surface area contributed by atoms with Gasteiger partial charge in [0.15, 0.2) is 0 Å². The number of carbonyl (C=O) groups is 1. The molecule has 1 unspecified atom stereocenters. The van der Waals surface area contributed by atoms with Gasteiger partial charge in [-0.2, -0.15) is 0 Å². The van der Waals surface area contributed by atoms with Gasteiger partial charge in [0.1, 0.15) is 6.04 Å². The lowest BCUT2D eigenvalue weighted by molar-refractivity contribution is -0.135. The highest BCUT2D eigenvalue weighted by molar-refractivity contribution is 5.85. The van der Waals surface area contributed by atoms with Crippen LogP contribution in [0, 0.1) is 0 Å². The number of benzene rings is 1. The van der Waals surface area contributed by atoms with E-state index in [1.54, 1.807) is 4.90 Å². The fraction of sp³-hybridized carbons (Fsp3) is 0.533. The Kier molecular flexibility index (Phi) is 12.6. The summed E-state index contributed by atoms with van der Waals surface area (Å²) in [6.45, 7) is 4.43. The Hall–Kier alpha value is -0.810. The molecule has 0 saturated heterocycles. The molecule has 6 heteroatoms. The minimum atomic E-state index is -0.201. The molecule has 0 aromatic heterocycles. The first kappa shape index (κ1) is 22.5. The molecule has 1 atom stereocenters. The van der Waals surface area contributed by atoms with Gasteiger partial charge < -0.3 is 10.2 Å². The van der Waals surface area contributed by atoms with Crippen molar-refractivity contribution >= 4 is 30.7 Å². The van der Waals surface area contributed by atoms with Crippen molar-refractivity contribution in [3.05, 3.63) is 35.9 Å². The van der Waals surface area contributed by atoms with Gasteiger partial charge in [0, 0.05) is 20.1 Å². The third-order valence-corrected chi connectivity index (χ3v) is 3.36. The van der Waals surface area contributed by atoms with Crippen molar-refractivity contribution in [1.29, 1.82) is 0 Å². The molecule has 1 rings (SSSR count). The van der Waals surface area contributed by atoms with Crippen LogP contribution in [0.15, 0.2) is 30.3 Å². The zero-order chi connectivity index (χ0) is 14.3. The molecular formula is C15H27Cl2N3O. The number of carbonyl (C=O) groups excluding carboxylic acids is 1. The van der Waals surface area contributed by atoms with Crippen molar-refractivity contribution in [2.45, 2.75) is 13.0 Å². The third-order valence-electron chi connectivity index (χ3n) is 3.36. The Bertz CT molecular complexity index is 390. The average Bonchev–Trinajstić information content (AvgIpc) is 2.45. The molecule has 122 valence electrons. The van der Waals surface area contributed by atoms with E-state index >= 15 is 0 Å². The highest BCUT2D eigenvalue weighted by atomic mass is 35.5. The molecule has 21 heavy (non-hydrogen) atoms. The summed E-state index contributed by atoms with van der Waals surface area (Å²) in [5.41, 5.74) is 1.05. The molecule has 0 bridgehead atoms. The number of hydrogen-bond donors (Lipinski definition) is 1. The van der Waals surface area contributed by atoms with Crippen molar-refractivity contribution < 1.29 is 4.79 Å². The van der Waals surface area contributed by atoms with E-state index in [0.717, 1.165) is 25.2 Å². The molecule has 4 nitrogen and oxygen atoms in total. The van der Waals surface area contributed by atoms with Gasteiger partial charge in [0.25, 0.3) is 0 Å². The van der Waals surface area contributed by atoms with Crippen molar-refractivity contribution in [3.8, 4) is 0 Å². The van der Waals surface area contributed by atoms with E-state index in [1.807, 2.05) is 51.5 Å². The Morgan fingerprint density at radius 2 is 1.76 bits per heavy atom. The van der Waals surface area contributed by atoms with Crippen LogP contribution < -0.4 is 5.32 Å². The van der Waals surface area contributed by atoms with Gasteiger partial charge in [0.05, 0.1) is 0 Å². The van der Waals surface area contributed by atoms with E-state index in [4.69, 9.17) is 0 Å². The van der Waals surface area contributed by atoms with Crippen LogP contribution in [0.5, 0.6) is 0 Å². The Morgan fingerprint density at radius 1 is 1.19 bits per heavy atom. The van der Waals surface area contributed by atoms with Crippen molar-refractivity contribution in [2.24, 2.45) is 0 Å².